The van der Waals surface area contributed by atoms with Crippen molar-refractivity contribution in [1.82, 2.24) is 24.8 Å². The van der Waals surface area contributed by atoms with Gasteiger partial charge in [-0.25, -0.2) is 4.98 Å². The summed E-state index contributed by atoms with van der Waals surface area (Å²) < 4.78 is 13.7. The molecule has 176 valence electrons. The predicted molar refractivity (Wildman–Crippen MR) is 123 cm³/mol. The number of hydrogen-bond donors (Lipinski definition) is 1. The lowest BCUT2D eigenvalue weighted by atomic mass is 9.88. The quantitative estimate of drug-likeness (QED) is 0.625. The van der Waals surface area contributed by atoms with Crippen LogP contribution in [0.1, 0.15) is 34.6 Å². The maximum Gasteiger partial charge on any atom is 0.253 e. The number of hydrogen-bond acceptors (Lipinski definition) is 6. The zero-order chi connectivity index (χ0) is 23.5. The molecule has 2 aliphatic rings. The molecule has 4 heterocycles. The van der Waals surface area contributed by atoms with E-state index in [1.165, 1.54) is 0 Å². The van der Waals surface area contributed by atoms with E-state index in [2.05, 4.69) is 15.3 Å². The highest BCUT2D eigenvalue weighted by molar-refractivity contribution is 5.94. The van der Waals surface area contributed by atoms with Crippen LogP contribution < -0.4 is 10.1 Å². The average molecular weight is 462 g/mol. The molecule has 9 nitrogen and oxygen atoms in total. The molecule has 1 unspecified atom stereocenters. The number of carbonyl (C=O) groups excluding carboxylic acids is 2. The fourth-order valence-corrected chi connectivity index (χ4v) is 4.71. The molecule has 34 heavy (non-hydrogen) atoms. The van der Waals surface area contributed by atoms with Crippen molar-refractivity contribution >= 4 is 11.8 Å². The Balaban J connectivity index is 1.27. The van der Waals surface area contributed by atoms with Crippen LogP contribution in [-0.4, -0.2) is 57.6 Å². The number of methoxy groups -OCH3 is 1. The van der Waals surface area contributed by atoms with Gasteiger partial charge in [0.2, 0.25) is 0 Å². The molecule has 0 saturated carbocycles. The largest absolute Gasteiger partial charge is 0.497 e. The van der Waals surface area contributed by atoms with Gasteiger partial charge in [-0.15, -0.1) is 0 Å². The van der Waals surface area contributed by atoms with Gasteiger partial charge < -0.3 is 24.3 Å². The summed E-state index contributed by atoms with van der Waals surface area (Å²) in [5, 5.41) is 2.99. The molecule has 2 amide bonds. The molecule has 2 aliphatic heterocycles. The van der Waals surface area contributed by atoms with Crippen LogP contribution in [-0.2, 0) is 28.2 Å². The summed E-state index contributed by atoms with van der Waals surface area (Å²) in [5.74, 6) is 1.37. The van der Waals surface area contributed by atoms with Crippen LogP contribution in [0.3, 0.4) is 0 Å². The first-order valence-electron chi connectivity index (χ1n) is 11.4. The highest BCUT2D eigenvalue weighted by Gasteiger charge is 2.47. The van der Waals surface area contributed by atoms with E-state index in [-0.39, 0.29) is 11.8 Å². The predicted octanol–water partition coefficient (Wildman–Crippen LogP) is 2.13. The van der Waals surface area contributed by atoms with E-state index >= 15 is 0 Å². The molecule has 1 N–H and O–H groups in total. The summed E-state index contributed by atoms with van der Waals surface area (Å²) in [6.45, 7) is 1.83. The first kappa shape index (κ1) is 22.1. The lowest BCUT2D eigenvalue weighted by Crippen LogP contribution is -2.54. The van der Waals surface area contributed by atoms with E-state index < -0.39 is 11.7 Å². The third-order valence-corrected chi connectivity index (χ3v) is 6.53. The normalized spacial score (nSPS) is 18.9. The van der Waals surface area contributed by atoms with Crippen molar-refractivity contribution in [2.24, 2.45) is 0 Å². The Hall–Kier alpha value is -3.72. The number of nitrogens with one attached hydrogen (secondary N) is 1. The first-order valence-corrected chi connectivity index (χ1v) is 11.4. The van der Waals surface area contributed by atoms with Gasteiger partial charge in [0, 0.05) is 62.8 Å². The summed E-state index contributed by atoms with van der Waals surface area (Å²) in [4.78, 5) is 36.3. The standard InChI is InChI=1S/C25H27N5O4/c1-33-20-4-2-3-18(15-20)16-28-22(31)21-17-30-14-11-27-24(30)25(34-21)7-12-29(13-8-25)23(32)19-5-9-26-10-6-19/h2-6,9-11,14-15,21H,7-8,12-13,16-17H2,1H3,(H,28,31). The lowest BCUT2D eigenvalue weighted by Gasteiger charge is -2.45. The number of amides is 2. The number of carbonyl (C=O) groups is 2. The number of pyridine rings is 1. The number of ether oxygens (including phenoxy) is 2. The number of imidazole rings is 1. The van der Waals surface area contributed by atoms with Gasteiger partial charge >= 0.3 is 0 Å². The molecule has 0 aliphatic carbocycles. The Kier molecular flexibility index (Phi) is 6.02. The fourth-order valence-electron chi connectivity index (χ4n) is 4.71. The monoisotopic (exact) mass is 461 g/mol. The minimum Gasteiger partial charge on any atom is -0.497 e. The minimum absolute atomic E-state index is 0.0241. The van der Waals surface area contributed by atoms with Crippen molar-refractivity contribution in [3.8, 4) is 5.75 Å². The van der Waals surface area contributed by atoms with Gasteiger partial charge in [-0.2, -0.15) is 0 Å². The molecule has 9 heteroatoms. The number of piperidine rings is 1. The van der Waals surface area contributed by atoms with E-state index in [0.29, 0.717) is 44.6 Å². The number of rotatable bonds is 5. The summed E-state index contributed by atoms with van der Waals surface area (Å²) in [6, 6.07) is 11.0. The molecular weight excluding hydrogens is 434 g/mol. The molecule has 1 fully saturated rings. The Bertz CT molecular complexity index is 1170. The number of nitrogens with zero attached hydrogens (tertiary/aromatic N) is 4. The SMILES string of the molecule is COc1cccc(CNC(=O)C2Cn3ccnc3C3(CCN(C(=O)c4ccncc4)CC3)O2)c1. The van der Waals surface area contributed by atoms with Gasteiger partial charge in [0.1, 0.15) is 17.2 Å². The molecule has 1 aromatic carbocycles. The summed E-state index contributed by atoms with van der Waals surface area (Å²) in [6.07, 6.45) is 7.36. The van der Waals surface area contributed by atoms with E-state index in [4.69, 9.17) is 9.47 Å². The van der Waals surface area contributed by atoms with Crippen LogP contribution >= 0.6 is 0 Å². The van der Waals surface area contributed by atoms with Crippen molar-refractivity contribution in [2.75, 3.05) is 20.2 Å². The van der Waals surface area contributed by atoms with Crippen LogP contribution in [0.15, 0.2) is 61.2 Å². The van der Waals surface area contributed by atoms with Crippen molar-refractivity contribution in [2.45, 2.75) is 37.6 Å². The second-order valence-corrected chi connectivity index (χ2v) is 8.60. The zero-order valence-electron chi connectivity index (χ0n) is 19.0. The van der Waals surface area contributed by atoms with Crippen LogP contribution in [0.25, 0.3) is 0 Å². The molecule has 0 bridgehead atoms. The van der Waals surface area contributed by atoms with Crippen LogP contribution in [0.2, 0.25) is 0 Å². The molecule has 3 aromatic rings. The first-order chi connectivity index (χ1) is 16.6. The molecule has 2 aromatic heterocycles. The van der Waals surface area contributed by atoms with E-state index in [1.807, 2.05) is 39.9 Å². The Labute approximate surface area is 197 Å². The smallest absolute Gasteiger partial charge is 0.253 e. The van der Waals surface area contributed by atoms with E-state index in [0.717, 1.165) is 17.1 Å². The Morgan fingerprint density at radius 2 is 1.97 bits per heavy atom. The second-order valence-electron chi connectivity index (χ2n) is 8.60. The summed E-state index contributed by atoms with van der Waals surface area (Å²) in [7, 11) is 1.62. The van der Waals surface area contributed by atoms with Gasteiger partial charge in [0.15, 0.2) is 6.10 Å². The Morgan fingerprint density at radius 3 is 2.74 bits per heavy atom. The maximum absolute atomic E-state index is 13.1. The number of likely N-dealkylation sites (tertiary alicyclic amines) is 1. The zero-order valence-corrected chi connectivity index (χ0v) is 19.0. The molecular formula is C25H27N5O4. The average Bonchev–Trinajstić information content (AvgIpc) is 3.38. The maximum atomic E-state index is 13.1. The highest BCUT2D eigenvalue weighted by atomic mass is 16.5. The van der Waals surface area contributed by atoms with E-state index in [9.17, 15) is 9.59 Å². The molecule has 0 radical (unpaired) electrons. The number of fused-ring (bicyclic) bond motifs is 2. The molecule has 5 rings (SSSR count). The van der Waals surface area contributed by atoms with Gasteiger partial charge in [-0.3, -0.25) is 14.6 Å². The van der Waals surface area contributed by atoms with Gasteiger partial charge in [0.05, 0.1) is 13.7 Å². The molecule has 1 spiro atoms. The van der Waals surface area contributed by atoms with Gasteiger partial charge in [-0.1, -0.05) is 12.1 Å². The molecule has 1 atom stereocenters. The minimum atomic E-state index is -0.700. The second kappa shape index (κ2) is 9.26. The van der Waals surface area contributed by atoms with Crippen LogP contribution in [0.4, 0.5) is 0 Å². The number of aromatic nitrogens is 3. The van der Waals surface area contributed by atoms with Crippen molar-refractivity contribution in [3.05, 3.63) is 78.1 Å². The Morgan fingerprint density at radius 1 is 1.18 bits per heavy atom. The third-order valence-electron chi connectivity index (χ3n) is 6.53. The topological polar surface area (TPSA) is 98.6 Å². The van der Waals surface area contributed by atoms with Gasteiger partial charge in [0.25, 0.3) is 11.8 Å². The summed E-state index contributed by atoms with van der Waals surface area (Å²) >= 11 is 0. The highest BCUT2D eigenvalue weighted by Crippen LogP contribution is 2.40. The van der Waals surface area contributed by atoms with E-state index in [1.54, 1.807) is 37.8 Å². The van der Waals surface area contributed by atoms with Gasteiger partial charge in [-0.05, 0) is 29.8 Å². The fraction of sp³-hybridized carbons (Fsp3) is 0.360. The number of benzene rings is 1. The van der Waals surface area contributed by atoms with Crippen LogP contribution in [0.5, 0.6) is 5.75 Å². The van der Waals surface area contributed by atoms with Crippen molar-refractivity contribution in [1.29, 1.82) is 0 Å². The third kappa shape index (κ3) is 4.26. The van der Waals surface area contributed by atoms with Crippen molar-refractivity contribution < 1.29 is 19.1 Å². The molecule has 1 saturated heterocycles. The lowest BCUT2D eigenvalue weighted by molar-refractivity contribution is -0.172. The summed E-state index contributed by atoms with van der Waals surface area (Å²) in [5.41, 5.74) is 0.866. The van der Waals surface area contributed by atoms with Crippen molar-refractivity contribution in [3.63, 3.8) is 0 Å². The van der Waals surface area contributed by atoms with Crippen LogP contribution in [0, 0.1) is 0 Å².